The summed E-state index contributed by atoms with van der Waals surface area (Å²) in [5.74, 6) is 1.13. The largest absolute Gasteiger partial charge is 0.359 e. The minimum atomic E-state index is -0.276. The molecule has 24 heavy (non-hydrogen) atoms. The highest BCUT2D eigenvalue weighted by atomic mass is 16.5. The summed E-state index contributed by atoms with van der Waals surface area (Å²) in [6.45, 7) is 14.2. The van der Waals surface area contributed by atoms with Gasteiger partial charge in [-0.3, -0.25) is 10.3 Å². The van der Waals surface area contributed by atoms with Crippen LogP contribution in [0.5, 0.6) is 0 Å². The average molecular weight is 334 g/mol. The molecule has 1 N–H and O–H groups in total. The summed E-state index contributed by atoms with van der Waals surface area (Å²) in [5.41, 5.74) is 1.48. The zero-order valence-electron chi connectivity index (χ0n) is 16.3. The lowest BCUT2D eigenvalue weighted by molar-refractivity contribution is 0.232. The van der Waals surface area contributed by atoms with E-state index < -0.39 is 0 Å². The van der Waals surface area contributed by atoms with Crippen molar-refractivity contribution >= 4 is 17.6 Å². The summed E-state index contributed by atoms with van der Waals surface area (Å²) < 4.78 is 5.28. The van der Waals surface area contributed by atoms with E-state index in [0.29, 0.717) is 5.82 Å². The fourth-order valence-electron chi connectivity index (χ4n) is 1.95. The molecule has 0 atom stereocenters. The van der Waals surface area contributed by atoms with Crippen LogP contribution in [0.1, 0.15) is 54.2 Å². The molecule has 1 aromatic heterocycles. The van der Waals surface area contributed by atoms with E-state index in [4.69, 9.17) is 4.52 Å². The molecule has 0 aliphatic carbocycles. The lowest BCUT2D eigenvalue weighted by atomic mass is 9.89. The number of amides is 2. The monoisotopic (exact) mass is 334 g/mol. The second kappa shape index (κ2) is 7.20. The summed E-state index contributed by atoms with van der Waals surface area (Å²) in [6.07, 6.45) is 1.92. The summed E-state index contributed by atoms with van der Waals surface area (Å²) >= 11 is 0. The molecule has 0 saturated heterocycles. The molecule has 6 nitrogen and oxygen atoms in total. The molecule has 0 aliphatic rings. The molecule has 0 radical (unpaired) electrons. The zero-order chi connectivity index (χ0) is 18.7. The highest BCUT2D eigenvalue weighted by Crippen LogP contribution is 2.24. The topological polar surface area (TPSA) is 70.7 Å². The van der Waals surface area contributed by atoms with Gasteiger partial charge in [-0.05, 0) is 13.0 Å². The van der Waals surface area contributed by atoms with Gasteiger partial charge in [0.15, 0.2) is 5.82 Å². The van der Waals surface area contributed by atoms with Crippen molar-refractivity contribution in [2.24, 2.45) is 10.4 Å². The Morgan fingerprint density at radius 1 is 1.29 bits per heavy atom. The lowest BCUT2D eigenvalue weighted by Crippen LogP contribution is -2.31. The Morgan fingerprint density at radius 2 is 1.88 bits per heavy atom. The number of carbonyl (C=O) groups is 1. The van der Waals surface area contributed by atoms with Crippen LogP contribution < -0.4 is 5.32 Å². The SMILES string of the molecule is CN=C(/C=C(\C)N(C)C(=O)Nc1cc(C(C)(C)C)on1)C(C)(C)C. The standard InChI is InChI=1S/C18H30N4O2/c1-12(10-13(19-8)17(2,3)4)22(9)16(23)20-15-11-14(24-21-15)18(5,6)7/h10-11H,1-9H3,(H,20,21,23)/b12-10+,19-13?. The Hall–Kier alpha value is -2.11. The van der Waals surface area contributed by atoms with Gasteiger partial charge in [0.2, 0.25) is 0 Å². The number of aliphatic imine (C=N–C) groups is 1. The van der Waals surface area contributed by atoms with E-state index in [1.165, 1.54) is 4.90 Å². The molecule has 134 valence electrons. The predicted molar refractivity (Wildman–Crippen MR) is 98.6 cm³/mol. The van der Waals surface area contributed by atoms with Crippen LogP contribution >= 0.6 is 0 Å². The second-order valence-electron chi connectivity index (χ2n) is 7.96. The van der Waals surface area contributed by atoms with E-state index in [0.717, 1.165) is 17.2 Å². The van der Waals surface area contributed by atoms with E-state index in [1.54, 1.807) is 20.2 Å². The van der Waals surface area contributed by atoms with E-state index in [-0.39, 0.29) is 16.9 Å². The number of anilines is 1. The molecule has 1 heterocycles. The van der Waals surface area contributed by atoms with E-state index >= 15 is 0 Å². The van der Waals surface area contributed by atoms with Gasteiger partial charge < -0.3 is 9.42 Å². The van der Waals surface area contributed by atoms with Crippen LogP contribution in [0.4, 0.5) is 10.6 Å². The minimum absolute atomic E-state index is 0.0823. The molecule has 2 amide bonds. The lowest BCUT2D eigenvalue weighted by Gasteiger charge is -2.22. The third kappa shape index (κ3) is 5.22. The first-order valence-corrected chi connectivity index (χ1v) is 8.03. The number of rotatable bonds is 3. The van der Waals surface area contributed by atoms with E-state index in [1.807, 2.05) is 33.8 Å². The number of nitrogens with zero attached hydrogens (tertiary/aromatic N) is 3. The van der Waals surface area contributed by atoms with Crippen molar-refractivity contribution in [1.82, 2.24) is 10.1 Å². The van der Waals surface area contributed by atoms with Crippen molar-refractivity contribution in [2.45, 2.75) is 53.9 Å². The molecule has 0 aliphatic heterocycles. The molecule has 0 spiro atoms. The molecular formula is C18H30N4O2. The van der Waals surface area contributed by atoms with Crippen LogP contribution in [0.25, 0.3) is 0 Å². The first-order chi connectivity index (χ1) is 10.9. The number of nitrogens with one attached hydrogen (secondary N) is 1. The maximum absolute atomic E-state index is 12.4. The Morgan fingerprint density at radius 3 is 2.29 bits per heavy atom. The number of carbonyl (C=O) groups excluding carboxylic acids is 1. The van der Waals surface area contributed by atoms with Crippen LogP contribution in [0.2, 0.25) is 0 Å². The van der Waals surface area contributed by atoms with Crippen LogP contribution in [0.3, 0.4) is 0 Å². The smallest absolute Gasteiger partial charge is 0.327 e. The number of aromatic nitrogens is 1. The molecule has 0 aromatic carbocycles. The van der Waals surface area contributed by atoms with Gasteiger partial charge in [0, 0.05) is 42.4 Å². The van der Waals surface area contributed by atoms with Crippen molar-refractivity contribution in [1.29, 1.82) is 0 Å². The van der Waals surface area contributed by atoms with Gasteiger partial charge in [-0.25, -0.2) is 4.79 Å². The average Bonchev–Trinajstić information content (AvgIpc) is 2.90. The Bertz CT molecular complexity index is 643. The molecule has 1 aromatic rings. The highest BCUT2D eigenvalue weighted by Gasteiger charge is 2.22. The summed E-state index contributed by atoms with van der Waals surface area (Å²) in [4.78, 5) is 18.2. The van der Waals surface area contributed by atoms with Gasteiger partial charge in [-0.2, -0.15) is 0 Å². The molecule has 0 saturated carbocycles. The van der Waals surface area contributed by atoms with Gasteiger partial charge >= 0.3 is 6.03 Å². The second-order valence-corrected chi connectivity index (χ2v) is 7.96. The maximum Gasteiger partial charge on any atom is 0.327 e. The van der Waals surface area contributed by atoms with E-state index in [2.05, 4.69) is 36.2 Å². The Kier molecular flexibility index (Phi) is 5.98. The molecule has 0 unspecified atom stereocenters. The minimum Gasteiger partial charge on any atom is -0.359 e. The normalized spacial score (nSPS) is 13.9. The summed E-state index contributed by atoms with van der Waals surface area (Å²) in [6, 6.07) is 1.47. The van der Waals surface area contributed by atoms with Crippen LogP contribution in [0.15, 0.2) is 27.4 Å². The van der Waals surface area contributed by atoms with Crippen LogP contribution in [-0.4, -0.2) is 35.9 Å². The molecular weight excluding hydrogens is 304 g/mol. The highest BCUT2D eigenvalue weighted by molar-refractivity contribution is 6.00. The quantitative estimate of drug-likeness (QED) is 0.830. The number of allylic oxidation sites excluding steroid dienone is 2. The number of urea groups is 1. The summed E-state index contributed by atoms with van der Waals surface area (Å²) in [5, 5.41) is 6.65. The molecule has 6 heteroatoms. The fourth-order valence-corrected chi connectivity index (χ4v) is 1.95. The third-order valence-electron chi connectivity index (χ3n) is 3.67. The van der Waals surface area contributed by atoms with Crippen molar-refractivity contribution in [3.05, 3.63) is 23.6 Å². The maximum atomic E-state index is 12.4. The fraction of sp³-hybridized carbons (Fsp3) is 0.611. The predicted octanol–water partition coefficient (Wildman–Crippen LogP) is 4.46. The van der Waals surface area contributed by atoms with Crippen molar-refractivity contribution in [2.75, 3.05) is 19.4 Å². The molecule has 0 fully saturated rings. The van der Waals surface area contributed by atoms with Crippen LogP contribution in [0, 0.1) is 5.41 Å². The Labute approximate surface area is 145 Å². The molecule has 0 bridgehead atoms. The van der Waals surface area contributed by atoms with Crippen molar-refractivity contribution in [3.8, 4) is 0 Å². The first kappa shape index (κ1) is 19.9. The van der Waals surface area contributed by atoms with Gasteiger partial charge in [-0.1, -0.05) is 46.7 Å². The Balaban J connectivity index is 2.86. The van der Waals surface area contributed by atoms with E-state index in [9.17, 15) is 4.79 Å². The third-order valence-corrected chi connectivity index (χ3v) is 3.67. The zero-order valence-corrected chi connectivity index (χ0v) is 16.3. The number of hydrogen-bond donors (Lipinski definition) is 1. The van der Waals surface area contributed by atoms with Gasteiger partial charge in [-0.15, -0.1) is 0 Å². The summed E-state index contributed by atoms with van der Waals surface area (Å²) in [7, 11) is 3.47. The van der Waals surface area contributed by atoms with Crippen LogP contribution in [-0.2, 0) is 5.41 Å². The van der Waals surface area contributed by atoms with Gasteiger partial charge in [0.1, 0.15) is 5.76 Å². The van der Waals surface area contributed by atoms with Gasteiger partial charge in [0.05, 0.1) is 0 Å². The van der Waals surface area contributed by atoms with Crippen molar-refractivity contribution < 1.29 is 9.32 Å². The van der Waals surface area contributed by atoms with Gasteiger partial charge in [0.25, 0.3) is 0 Å². The molecule has 1 rings (SSSR count). The number of hydrogen-bond acceptors (Lipinski definition) is 4. The first-order valence-electron chi connectivity index (χ1n) is 8.03. The van der Waals surface area contributed by atoms with Crippen molar-refractivity contribution in [3.63, 3.8) is 0 Å².